The third kappa shape index (κ3) is 3.96. The number of nitro groups is 1. The predicted molar refractivity (Wildman–Crippen MR) is 93.1 cm³/mol. The fraction of sp³-hybridized carbons (Fsp3) is 0. The number of benzene rings is 1. The molecule has 0 bridgehead atoms. The van der Waals surface area contributed by atoms with Gasteiger partial charge in [-0.15, -0.1) is 0 Å². The molecule has 3 aromatic rings. The highest BCUT2D eigenvalue weighted by Crippen LogP contribution is 2.31. The number of thiophene rings is 1. The van der Waals surface area contributed by atoms with E-state index in [2.05, 4.69) is 15.3 Å². The van der Waals surface area contributed by atoms with Gasteiger partial charge in [0.2, 0.25) is 16.0 Å². The topological polar surface area (TPSA) is 141 Å². The monoisotopic (exact) mass is 377 g/mol. The molecule has 0 unspecified atom stereocenters. The Labute approximate surface area is 146 Å². The minimum Gasteiger partial charge on any atom is -0.324 e. The zero-order valence-electron chi connectivity index (χ0n) is 12.5. The maximum Gasteiger partial charge on any atom is 0.324 e. The van der Waals surface area contributed by atoms with E-state index in [0.717, 1.165) is 11.3 Å². The minimum absolute atomic E-state index is 0.00128. The van der Waals surface area contributed by atoms with E-state index in [1.807, 2.05) is 0 Å². The van der Waals surface area contributed by atoms with Crippen molar-refractivity contribution in [3.8, 4) is 10.6 Å². The molecule has 25 heavy (non-hydrogen) atoms. The molecule has 0 saturated heterocycles. The summed E-state index contributed by atoms with van der Waals surface area (Å²) in [6.07, 6.45) is 1.52. The number of anilines is 2. The van der Waals surface area contributed by atoms with Gasteiger partial charge in [-0.05, 0) is 36.4 Å². The lowest BCUT2D eigenvalue weighted by Gasteiger charge is -2.06. The van der Waals surface area contributed by atoms with Gasteiger partial charge in [-0.25, -0.2) is 23.5 Å². The SMILES string of the molecule is NS(=O)(=O)c1ccc(Nc2nccc(-c3ccc([N+](=O)[O-])s3)n2)cc1. The van der Waals surface area contributed by atoms with Gasteiger partial charge < -0.3 is 5.32 Å². The lowest BCUT2D eigenvalue weighted by Crippen LogP contribution is -2.11. The molecule has 0 aliphatic carbocycles. The van der Waals surface area contributed by atoms with Crippen molar-refractivity contribution in [2.45, 2.75) is 4.90 Å². The molecule has 2 heterocycles. The molecule has 0 atom stereocenters. The fourth-order valence-corrected chi connectivity index (χ4v) is 3.28. The van der Waals surface area contributed by atoms with Gasteiger partial charge in [0, 0.05) is 18.0 Å². The summed E-state index contributed by atoms with van der Waals surface area (Å²) < 4.78 is 22.5. The zero-order valence-corrected chi connectivity index (χ0v) is 14.1. The van der Waals surface area contributed by atoms with Crippen LogP contribution in [0.1, 0.15) is 0 Å². The van der Waals surface area contributed by atoms with Gasteiger partial charge in [-0.3, -0.25) is 10.1 Å². The molecular weight excluding hydrogens is 366 g/mol. The van der Waals surface area contributed by atoms with Crippen molar-refractivity contribution in [3.63, 3.8) is 0 Å². The molecule has 0 aliphatic heterocycles. The third-order valence-corrected chi connectivity index (χ3v) is 5.11. The number of sulfonamides is 1. The molecule has 2 aromatic heterocycles. The average molecular weight is 377 g/mol. The minimum atomic E-state index is -3.75. The maximum atomic E-state index is 11.2. The fourth-order valence-electron chi connectivity index (χ4n) is 1.98. The van der Waals surface area contributed by atoms with Gasteiger partial charge in [0.15, 0.2) is 0 Å². The summed E-state index contributed by atoms with van der Waals surface area (Å²) in [7, 11) is -3.75. The number of nitrogens with two attached hydrogens (primary N) is 1. The summed E-state index contributed by atoms with van der Waals surface area (Å²) in [5.41, 5.74) is 1.11. The molecule has 0 radical (unpaired) electrons. The Hall–Kier alpha value is -2.89. The van der Waals surface area contributed by atoms with E-state index >= 15 is 0 Å². The second-order valence-corrected chi connectivity index (χ2v) is 7.48. The summed E-state index contributed by atoms with van der Waals surface area (Å²) in [6.45, 7) is 0. The van der Waals surface area contributed by atoms with Crippen LogP contribution < -0.4 is 10.5 Å². The van der Waals surface area contributed by atoms with Gasteiger partial charge in [0.25, 0.3) is 0 Å². The molecule has 0 amide bonds. The summed E-state index contributed by atoms with van der Waals surface area (Å²) in [4.78, 5) is 19.3. The molecule has 128 valence electrons. The van der Waals surface area contributed by atoms with Crippen molar-refractivity contribution < 1.29 is 13.3 Å². The Morgan fingerprint density at radius 2 is 1.84 bits per heavy atom. The van der Waals surface area contributed by atoms with E-state index in [9.17, 15) is 18.5 Å². The van der Waals surface area contributed by atoms with Crippen LogP contribution in [0, 0.1) is 10.1 Å². The van der Waals surface area contributed by atoms with Crippen LogP contribution in [0.2, 0.25) is 0 Å². The van der Waals surface area contributed by atoms with Crippen LogP contribution in [-0.4, -0.2) is 23.3 Å². The first-order chi connectivity index (χ1) is 11.8. The Bertz CT molecular complexity index is 1030. The molecular formula is C14H11N5O4S2. The second-order valence-electron chi connectivity index (χ2n) is 4.85. The molecule has 0 aliphatic rings. The van der Waals surface area contributed by atoms with E-state index in [-0.39, 0.29) is 15.8 Å². The highest BCUT2D eigenvalue weighted by Gasteiger charge is 2.13. The normalized spacial score (nSPS) is 11.2. The van der Waals surface area contributed by atoms with Gasteiger partial charge in [-0.2, -0.15) is 0 Å². The molecule has 9 nitrogen and oxygen atoms in total. The van der Waals surface area contributed by atoms with Crippen molar-refractivity contribution in [2.75, 3.05) is 5.32 Å². The first kappa shape index (κ1) is 17.0. The lowest BCUT2D eigenvalue weighted by atomic mass is 10.3. The van der Waals surface area contributed by atoms with Crippen LogP contribution in [0.25, 0.3) is 10.6 Å². The number of hydrogen-bond donors (Lipinski definition) is 2. The zero-order chi connectivity index (χ0) is 18.0. The number of rotatable bonds is 5. The first-order valence-corrected chi connectivity index (χ1v) is 9.17. The van der Waals surface area contributed by atoms with Crippen molar-refractivity contribution >= 4 is 38.0 Å². The number of hydrogen-bond acceptors (Lipinski definition) is 8. The average Bonchev–Trinajstić information content (AvgIpc) is 3.05. The molecule has 3 rings (SSSR count). The molecule has 11 heteroatoms. The van der Waals surface area contributed by atoms with Gasteiger partial charge in [0.1, 0.15) is 0 Å². The number of nitrogens with one attached hydrogen (secondary N) is 1. The Kier molecular flexibility index (Phi) is 4.44. The van der Waals surface area contributed by atoms with Gasteiger partial charge in [-0.1, -0.05) is 11.3 Å². The van der Waals surface area contributed by atoms with Crippen LogP contribution >= 0.6 is 11.3 Å². The van der Waals surface area contributed by atoms with Crippen LogP contribution in [-0.2, 0) is 10.0 Å². The number of primary sulfonamides is 1. The van der Waals surface area contributed by atoms with Crippen LogP contribution in [0.4, 0.5) is 16.6 Å². The molecule has 0 saturated carbocycles. The van der Waals surface area contributed by atoms with Crippen molar-refractivity contribution in [1.29, 1.82) is 0 Å². The Morgan fingerprint density at radius 3 is 2.44 bits per heavy atom. The maximum absolute atomic E-state index is 11.2. The summed E-state index contributed by atoms with van der Waals surface area (Å²) in [6, 6.07) is 10.5. The van der Waals surface area contributed by atoms with E-state index in [1.165, 1.54) is 36.5 Å². The lowest BCUT2D eigenvalue weighted by molar-refractivity contribution is -0.380. The first-order valence-electron chi connectivity index (χ1n) is 6.80. The summed E-state index contributed by atoms with van der Waals surface area (Å²) in [5, 5.41) is 18.8. The van der Waals surface area contributed by atoms with Crippen LogP contribution in [0.3, 0.4) is 0 Å². The molecule has 3 N–H and O–H groups in total. The molecule has 0 spiro atoms. The predicted octanol–water partition coefficient (Wildman–Crippen LogP) is 2.50. The highest BCUT2D eigenvalue weighted by molar-refractivity contribution is 7.89. The van der Waals surface area contributed by atoms with E-state index in [4.69, 9.17) is 5.14 Å². The van der Waals surface area contributed by atoms with Crippen LogP contribution in [0.5, 0.6) is 0 Å². The smallest absolute Gasteiger partial charge is 0.324 e. The standard InChI is InChI=1S/C14H11N5O4S2/c15-25(22,23)10-3-1-9(2-4-10)17-14-16-8-7-11(18-14)12-5-6-13(24-12)19(20)21/h1-8H,(H2,15,22,23)(H,16,17,18). The van der Waals surface area contributed by atoms with E-state index in [1.54, 1.807) is 12.1 Å². The van der Waals surface area contributed by atoms with Gasteiger partial charge >= 0.3 is 5.00 Å². The summed E-state index contributed by atoms with van der Waals surface area (Å²) in [5.74, 6) is 0.275. The molecule has 1 aromatic carbocycles. The second kappa shape index (κ2) is 6.55. The van der Waals surface area contributed by atoms with Gasteiger partial charge in [0.05, 0.1) is 20.4 Å². The quantitative estimate of drug-likeness (QED) is 0.514. The third-order valence-electron chi connectivity index (χ3n) is 3.12. The number of nitrogens with zero attached hydrogens (tertiary/aromatic N) is 3. The van der Waals surface area contributed by atoms with E-state index < -0.39 is 14.9 Å². The largest absolute Gasteiger partial charge is 0.324 e. The van der Waals surface area contributed by atoms with E-state index in [0.29, 0.717) is 16.3 Å². The van der Waals surface area contributed by atoms with Crippen LogP contribution in [0.15, 0.2) is 53.6 Å². The van der Waals surface area contributed by atoms with Crippen molar-refractivity contribution in [3.05, 3.63) is 58.8 Å². The number of aromatic nitrogens is 2. The Balaban J connectivity index is 1.83. The van der Waals surface area contributed by atoms with Crippen molar-refractivity contribution in [2.24, 2.45) is 5.14 Å². The molecule has 0 fully saturated rings. The highest BCUT2D eigenvalue weighted by atomic mass is 32.2. The summed E-state index contributed by atoms with van der Waals surface area (Å²) >= 11 is 1.02. The Morgan fingerprint density at radius 1 is 1.12 bits per heavy atom. The van der Waals surface area contributed by atoms with Crippen molar-refractivity contribution in [1.82, 2.24) is 9.97 Å².